The van der Waals surface area contributed by atoms with Crippen molar-refractivity contribution in [3.63, 3.8) is 0 Å². The molecule has 12 heteroatoms. The topological polar surface area (TPSA) is 165 Å². The van der Waals surface area contributed by atoms with Crippen LogP contribution in [0.3, 0.4) is 0 Å². The van der Waals surface area contributed by atoms with Crippen molar-refractivity contribution < 1.29 is 33.0 Å². The fourth-order valence-corrected chi connectivity index (χ4v) is 7.60. The smallest absolute Gasteiger partial charge is 0.251 e. The predicted octanol–water partition coefficient (Wildman–Crippen LogP) is 3.20. The molecule has 270 valence electrons. The fraction of sp³-hybridized carbons (Fsp3) is 0.595. The van der Waals surface area contributed by atoms with Crippen LogP contribution < -0.4 is 16.0 Å². The van der Waals surface area contributed by atoms with Crippen LogP contribution in [0.1, 0.15) is 82.6 Å². The van der Waals surface area contributed by atoms with Crippen LogP contribution in [0.4, 0.5) is 0 Å². The summed E-state index contributed by atoms with van der Waals surface area (Å²) in [7, 11) is -3.89. The number of phenolic OH excluding ortho intramolecular Hbond substituents is 1. The maximum absolute atomic E-state index is 14.2. The van der Waals surface area contributed by atoms with Gasteiger partial charge in [0.15, 0.2) is 9.84 Å². The van der Waals surface area contributed by atoms with Gasteiger partial charge in [0.25, 0.3) is 5.91 Å². The standard InChI is InChI=1S/C37H54N4O7S/c1-36(2,3)40-34(45)30-21-26-14-10-11-15-27(26)22-41(30)23-31(43)29(20-24-12-8-7-9-13-24)38-35(46)32(37(4,5)49(6,47)48)39-33(44)25-16-18-28(42)19-17-25/h7-9,12-13,16-19,26-27,29-32,42-43H,10-11,14-15,20-23H2,1-6H3,(H,38,46)(H,39,44)(H,40,45)/t26-,27+,29-,30-,31+,32+/m0/s1. The van der Waals surface area contributed by atoms with E-state index in [9.17, 15) is 33.0 Å². The SMILES string of the molecule is CC(C)(C)NC(=O)[C@@H]1C[C@@H]2CCCC[C@@H]2CN1C[C@@H](O)[C@H](Cc1ccccc1)NC(=O)[C@@H](NC(=O)c1ccc(O)cc1)C(C)(C)S(C)(=O)=O. The summed E-state index contributed by atoms with van der Waals surface area (Å²) in [6, 6.07) is 11.9. The lowest BCUT2D eigenvalue weighted by Gasteiger charge is -2.47. The van der Waals surface area contributed by atoms with E-state index in [4.69, 9.17) is 0 Å². The summed E-state index contributed by atoms with van der Waals surface area (Å²) >= 11 is 0. The number of phenols is 1. The second-order valence-electron chi connectivity index (χ2n) is 15.5. The summed E-state index contributed by atoms with van der Waals surface area (Å²) in [5.41, 5.74) is 0.541. The van der Waals surface area contributed by atoms with Gasteiger partial charge < -0.3 is 26.2 Å². The van der Waals surface area contributed by atoms with Crippen molar-refractivity contribution in [1.82, 2.24) is 20.9 Å². The number of nitrogens with one attached hydrogen (secondary N) is 3. The molecular formula is C37H54N4O7S. The highest BCUT2D eigenvalue weighted by atomic mass is 32.2. The van der Waals surface area contributed by atoms with Crippen molar-refractivity contribution in [1.29, 1.82) is 0 Å². The second-order valence-corrected chi connectivity index (χ2v) is 18.0. The average Bonchev–Trinajstić information content (AvgIpc) is 3.02. The summed E-state index contributed by atoms with van der Waals surface area (Å²) < 4.78 is 24.3. The Morgan fingerprint density at radius 2 is 1.53 bits per heavy atom. The first-order valence-electron chi connectivity index (χ1n) is 17.2. The summed E-state index contributed by atoms with van der Waals surface area (Å²) in [4.78, 5) is 43.1. The highest BCUT2D eigenvalue weighted by molar-refractivity contribution is 7.92. The van der Waals surface area contributed by atoms with Crippen LogP contribution in [0.2, 0.25) is 0 Å². The minimum atomic E-state index is -3.89. The lowest BCUT2D eigenvalue weighted by molar-refractivity contribution is -0.133. The highest BCUT2D eigenvalue weighted by Crippen LogP contribution is 2.39. The Hall–Kier alpha value is -3.48. The third-order valence-corrected chi connectivity index (χ3v) is 12.3. The molecular weight excluding hydrogens is 644 g/mol. The van der Waals surface area contributed by atoms with E-state index < -0.39 is 56.2 Å². The Bertz CT molecular complexity index is 1560. The van der Waals surface area contributed by atoms with E-state index in [1.807, 2.05) is 56.0 Å². The Balaban J connectivity index is 1.63. The Labute approximate surface area is 291 Å². The molecule has 0 aromatic heterocycles. The van der Waals surface area contributed by atoms with E-state index in [2.05, 4.69) is 16.0 Å². The molecule has 11 nitrogen and oxygen atoms in total. The first-order chi connectivity index (χ1) is 22.9. The molecule has 0 bridgehead atoms. The van der Waals surface area contributed by atoms with E-state index in [-0.39, 0.29) is 30.2 Å². The number of carbonyl (C=O) groups excluding carboxylic acids is 3. The summed E-state index contributed by atoms with van der Waals surface area (Å²) in [5, 5.41) is 30.2. The van der Waals surface area contributed by atoms with E-state index in [0.29, 0.717) is 24.8 Å². The highest BCUT2D eigenvalue weighted by Gasteiger charge is 2.46. The number of fused-ring (bicyclic) bond motifs is 1. The molecule has 1 heterocycles. The molecule has 3 amide bonds. The second kappa shape index (κ2) is 15.6. The zero-order valence-electron chi connectivity index (χ0n) is 29.6. The molecule has 1 saturated heterocycles. The molecule has 0 unspecified atom stereocenters. The van der Waals surface area contributed by atoms with Crippen LogP contribution >= 0.6 is 0 Å². The number of likely N-dealkylation sites (tertiary alicyclic amines) is 1. The van der Waals surface area contributed by atoms with Crippen LogP contribution in [0.5, 0.6) is 5.75 Å². The summed E-state index contributed by atoms with van der Waals surface area (Å²) in [6.07, 6.45) is 5.23. The lowest BCUT2D eigenvalue weighted by Crippen LogP contribution is -2.64. The molecule has 6 atom stereocenters. The number of hydrogen-bond donors (Lipinski definition) is 5. The van der Waals surface area contributed by atoms with Gasteiger partial charge in [-0.3, -0.25) is 19.3 Å². The number of nitrogens with zero attached hydrogens (tertiary/aromatic N) is 1. The molecule has 5 N–H and O–H groups in total. The normalized spacial score (nSPS) is 22.2. The molecule has 4 rings (SSSR count). The molecule has 2 aliphatic rings. The molecule has 2 aromatic carbocycles. The maximum atomic E-state index is 14.2. The van der Waals surface area contributed by atoms with Crippen LogP contribution in [0, 0.1) is 11.8 Å². The number of aliphatic hydroxyl groups is 1. The Kier molecular flexibility index (Phi) is 12.2. The third kappa shape index (κ3) is 10.0. The molecule has 2 fully saturated rings. The third-order valence-electron chi connectivity index (χ3n) is 10.1. The van der Waals surface area contributed by atoms with Gasteiger partial charge in [0.1, 0.15) is 11.8 Å². The van der Waals surface area contributed by atoms with Crippen LogP contribution in [-0.2, 0) is 25.8 Å². The van der Waals surface area contributed by atoms with E-state index in [1.165, 1.54) is 38.1 Å². The molecule has 1 aliphatic heterocycles. The maximum Gasteiger partial charge on any atom is 0.251 e. The molecule has 0 spiro atoms. The molecule has 0 radical (unpaired) electrons. The number of benzene rings is 2. The monoisotopic (exact) mass is 698 g/mol. The van der Waals surface area contributed by atoms with Gasteiger partial charge in [0, 0.05) is 30.4 Å². The number of sulfone groups is 1. The number of aliphatic hydroxyl groups excluding tert-OH is 1. The van der Waals surface area contributed by atoms with Gasteiger partial charge in [-0.05, 0) is 95.5 Å². The molecule has 1 aliphatic carbocycles. The van der Waals surface area contributed by atoms with Crippen molar-refractivity contribution >= 4 is 27.6 Å². The van der Waals surface area contributed by atoms with Crippen LogP contribution in [-0.4, -0.2) is 95.1 Å². The lowest BCUT2D eigenvalue weighted by atomic mass is 9.72. The number of amides is 3. The molecule has 1 saturated carbocycles. The minimum Gasteiger partial charge on any atom is -0.508 e. The van der Waals surface area contributed by atoms with Crippen molar-refractivity contribution in [2.75, 3.05) is 19.3 Å². The average molecular weight is 699 g/mol. The van der Waals surface area contributed by atoms with Crippen molar-refractivity contribution in [2.45, 2.75) is 108 Å². The zero-order valence-corrected chi connectivity index (χ0v) is 30.4. The van der Waals surface area contributed by atoms with Gasteiger partial charge in [-0.1, -0.05) is 49.6 Å². The van der Waals surface area contributed by atoms with Gasteiger partial charge in [-0.15, -0.1) is 0 Å². The van der Waals surface area contributed by atoms with E-state index in [0.717, 1.165) is 37.5 Å². The molecule has 2 aromatic rings. The number of rotatable bonds is 12. The Morgan fingerprint density at radius 1 is 0.918 bits per heavy atom. The zero-order chi connectivity index (χ0) is 36.1. The van der Waals surface area contributed by atoms with Crippen molar-refractivity contribution in [3.8, 4) is 5.75 Å². The number of aromatic hydroxyl groups is 1. The quantitative estimate of drug-likeness (QED) is 0.226. The predicted molar refractivity (Wildman–Crippen MR) is 190 cm³/mol. The van der Waals surface area contributed by atoms with Crippen LogP contribution in [0.15, 0.2) is 54.6 Å². The van der Waals surface area contributed by atoms with Gasteiger partial charge in [-0.25, -0.2) is 8.42 Å². The summed E-state index contributed by atoms with van der Waals surface area (Å²) in [5.74, 6) is -0.744. The van der Waals surface area contributed by atoms with Crippen molar-refractivity contribution in [3.05, 3.63) is 65.7 Å². The van der Waals surface area contributed by atoms with Gasteiger partial charge >= 0.3 is 0 Å². The van der Waals surface area contributed by atoms with Gasteiger partial charge in [0.05, 0.1) is 22.9 Å². The first kappa shape index (κ1) is 38.3. The van der Waals surface area contributed by atoms with E-state index >= 15 is 0 Å². The van der Waals surface area contributed by atoms with Crippen LogP contribution in [0.25, 0.3) is 0 Å². The van der Waals surface area contributed by atoms with Gasteiger partial charge in [-0.2, -0.15) is 0 Å². The largest absolute Gasteiger partial charge is 0.508 e. The number of β-amino-alcohol motifs (C(OH)–C–C–N with tert-alkyl or cyclic N) is 1. The minimum absolute atomic E-state index is 0.0501. The molecule has 49 heavy (non-hydrogen) atoms. The number of carbonyl (C=O) groups is 3. The van der Waals surface area contributed by atoms with Crippen molar-refractivity contribution in [2.24, 2.45) is 11.8 Å². The number of piperidine rings is 1. The fourth-order valence-electron chi connectivity index (χ4n) is 7.01. The first-order valence-corrected chi connectivity index (χ1v) is 19.1. The van der Waals surface area contributed by atoms with Gasteiger partial charge in [0.2, 0.25) is 11.8 Å². The van der Waals surface area contributed by atoms with E-state index in [1.54, 1.807) is 0 Å². The number of hydrogen-bond acceptors (Lipinski definition) is 8. The summed E-state index contributed by atoms with van der Waals surface area (Å²) in [6.45, 7) is 9.34. The Morgan fingerprint density at radius 3 is 2.12 bits per heavy atom.